The molecule has 1 aromatic carbocycles. The number of nitrogens with one attached hydrogen (secondary N) is 1. The summed E-state index contributed by atoms with van der Waals surface area (Å²) in [5.74, 6) is 1.63. The maximum Gasteiger partial charge on any atom is 0.226 e. The van der Waals surface area contributed by atoms with Crippen LogP contribution in [0.2, 0.25) is 0 Å². The number of hydrogen-bond donors (Lipinski definition) is 2. The molecule has 2 N–H and O–H groups in total. The van der Waals surface area contributed by atoms with Crippen molar-refractivity contribution in [2.45, 2.75) is 39.2 Å². The first kappa shape index (κ1) is 14.5. The summed E-state index contributed by atoms with van der Waals surface area (Å²) in [6.07, 6.45) is 2.40. The zero-order chi connectivity index (χ0) is 14.4. The molecule has 0 atom stereocenters. The van der Waals surface area contributed by atoms with Crippen molar-refractivity contribution in [3.05, 3.63) is 41.5 Å². The molecule has 5 nitrogen and oxygen atoms in total. The fourth-order valence-electron chi connectivity index (χ4n) is 1.89. The maximum absolute atomic E-state index is 9.23. The summed E-state index contributed by atoms with van der Waals surface area (Å²) in [5.41, 5.74) is 1.05. The topological polar surface area (TPSA) is 71.2 Å². The van der Waals surface area contributed by atoms with E-state index < -0.39 is 0 Å². The summed E-state index contributed by atoms with van der Waals surface area (Å²) in [6, 6.07) is 7.54. The Kier molecular flexibility index (Phi) is 5.12. The third-order valence-electron chi connectivity index (χ3n) is 2.93. The maximum atomic E-state index is 9.23. The van der Waals surface area contributed by atoms with Gasteiger partial charge in [0, 0.05) is 18.9 Å². The molecule has 0 aliphatic carbocycles. The van der Waals surface area contributed by atoms with Gasteiger partial charge >= 0.3 is 0 Å². The number of nitrogens with zero attached hydrogens (tertiary/aromatic N) is 2. The molecule has 0 fully saturated rings. The largest absolute Gasteiger partial charge is 0.508 e. The lowest BCUT2D eigenvalue weighted by Gasteiger charge is -2.05. The Labute approximate surface area is 119 Å². The molecular formula is C15H21N3O2. The average Bonchev–Trinajstić information content (AvgIpc) is 2.85. The van der Waals surface area contributed by atoms with E-state index in [4.69, 9.17) is 4.52 Å². The number of phenolic OH excluding ortho intramolecular Hbond substituents is 1. The Morgan fingerprint density at radius 3 is 2.70 bits per heavy atom. The van der Waals surface area contributed by atoms with Crippen LogP contribution in [0.1, 0.15) is 37.5 Å². The zero-order valence-electron chi connectivity index (χ0n) is 12.0. The minimum atomic E-state index is 0.264. The quantitative estimate of drug-likeness (QED) is 0.759. The van der Waals surface area contributed by atoms with Crippen LogP contribution in [0, 0.1) is 0 Å². The third kappa shape index (κ3) is 4.66. The molecule has 0 unspecified atom stereocenters. The summed E-state index contributed by atoms with van der Waals surface area (Å²) >= 11 is 0. The Balaban J connectivity index is 1.81. The first-order chi connectivity index (χ1) is 9.63. The van der Waals surface area contributed by atoms with Gasteiger partial charge < -0.3 is 14.9 Å². The van der Waals surface area contributed by atoms with Gasteiger partial charge in [-0.25, -0.2) is 0 Å². The van der Waals surface area contributed by atoms with Crippen molar-refractivity contribution in [1.82, 2.24) is 15.5 Å². The van der Waals surface area contributed by atoms with E-state index in [0.717, 1.165) is 24.9 Å². The van der Waals surface area contributed by atoms with Gasteiger partial charge in [0.2, 0.25) is 5.89 Å². The standard InChI is InChI=1S/C15H21N3O2/c1-11(2)16-9-3-4-15-17-14(18-20-15)10-12-5-7-13(19)8-6-12/h5-8,11,16,19H,3-4,9-10H2,1-2H3. The van der Waals surface area contributed by atoms with E-state index in [1.54, 1.807) is 12.1 Å². The highest BCUT2D eigenvalue weighted by molar-refractivity contribution is 5.27. The number of aromatic hydroxyl groups is 1. The molecule has 0 saturated heterocycles. The smallest absolute Gasteiger partial charge is 0.226 e. The van der Waals surface area contributed by atoms with Gasteiger partial charge in [-0.05, 0) is 30.7 Å². The molecule has 0 aliphatic heterocycles. The molecule has 1 heterocycles. The lowest BCUT2D eigenvalue weighted by molar-refractivity contribution is 0.369. The summed E-state index contributed by atoms with van der Waals surface area (Å²) in [5, 5.41) is 16.6. The minimum absolute atomic E-state index is 0.264. The number of benzene rings is 1. The second-order valence-corrected chi connectivity index (χ2v) is 5.16. The molecule has 20 heavy (non-hydrogen) atoms. The number of rotatable bonds is 7. The molecule has 0 saturated carbocycles. The minimum Gasteiger partial charge on any atom is -0.508 e. The van der Waals surface area contributed by atoms with Gasteiger partial charge in [-0.3, -0.25) is 0 Å². The highest BCUT2D eigenvalue weighted by Gasteiger charge is 2.07. The predicted molar refractivity (Wildman–Crippen MR) is 76.7 cm³/mol. The van der Waals surface area contributed by atoms with Crippen molar-refractivity contribution in [3.63, 3.8) is 0 Å². The highest BCUT2D eigenvalue weighted by Crippen LogP contribution is 2.12. The van der Waals surface area contributed by atoms with Crippen molar-refractivity contribution in [2.75, 3.05) is 6.54 Å². The number of hydrogen-bond acceptors (Lipinski definition) is 5. The van der Waals surface area contributed by atoms with Gasteiger partial charge in [0.05, 0.1) is 0 Å². The van der Waals surface area contributed by atoms with E-state index in [0.29, 0.717) is 24.2 Å². The summed E-state index contributed by atoms with van der Waals surface area (Å²) in [6.45, 7) is 5.21. The Bertz CT molecular complexity index is 520. The van der Waals surface area contributed by atoms with Crippen molar-refractivity contribution >= 4 is 0 Å². The molecule has 0 aliphatic rings. The van der Waals surface area contributed by atoms with Crippen LogP contribution in [-0.2, 0) is 12.8 Å². The van der Waals surface area contributed by atoms with Crippen LogP contribution in [0.4, 0.5) is 0 Å². The van der Waals surface area contributed by atoms with Crippen LogP contribution in [0.3, 0.4) is 0 Å². The lowest BCUT2D eigenvalue weighted by Crippen LogP contribution is -2.23. The predicted octanol–water partition coefficient (Wildman–Crippen LogP) is 2.30. The molecule has 5 heteroatoms. The van der Waals surface area contributed by atoms with Crippen LogP contribution < -0.4 is 5.32 Å². The van der Waals surface area contributed by atoms with E-state index in [1.165, 1.54) is 0 Å². The van der Waals surface area contributed by atoms with Gasteiger partial charge in [-0.2, -0.15) is 4.98 Å². The van der Waals surface area contributed by atoms with Crippen molar-refractivity contribution in [2.24, 2.45) is 0 Å². The molecule has 0 radical (unpaired) electrons. The summed E-state index contributed by atoms with van der Waals surface area (Å²) in [4.78, 5) is 4.38. The van der Waals surface area contributed by atoms with Gasteiger partial charge in [0.15, 0.2) is 5.82 Å². The van der Waals surface area contributed by atoms with Crippen molar-refractivity contribution < 1.29 is 9.63 Å². The van der Waals surface area contributed by atoms with Crippen molar-refractivity contribution in [3.8, 4) is 5.75 Å². The van der Waals surface area contributed by atoms with Crippen LogP contribution >= 0.6 is 0 Å². The average molecular weight is 275 g/mol. The van der Waals surface area contributed by atoms with Gasteiger partial charge in [-0.15, -0.1) is 0 Å². The van der Waals surface area contributed by atoms with E-state index >= 15 is 0 Å². The number of aryl methyl sites for hydroxylation is 1. The van der Waals surface area contributed by atoms with Gasteiger partial charge in [0.25, 0.3) is 0 Å². The molecule has 0 spiro atoms. The molecule has 2 aromatic rings. The van der Waals surface area contributed by atoms with Crippen LogP contribution in [0.15, 0.2) is 28.8 Å². The monoisotopic (exact) mass is 275 g/mol. The van der Waals surface area contributed by atoms with Crippen LogP contribution in [0.25, 0.3) is 0 Å². The zero-order valence-corrected chi connectivity index (χ0v) is 12.0. The molecule has 0 bridgehead atoms. The molecular weight excluding hydrogens is 254 g/mol. The fourth-order valence-corrected chi connectivity index (χ4v) is 1.89. The second-order valence-electron chi connectivity index (χ2n) is 5.16. The molecule has 108 valence electrons. The number of aromatic nitrogens is 2. The number of phenols is 1. The van der Waals surface area contributed by atoms with E-state index in [-0.39, 0.29) is 5.75 Å². The first-order valence-corrected chi connectivity index (χ1v) is 6.96. The van der Waals surface area contributed by atoms with Crippen LogP contribution in [-0.4, -0.2) is 27.8 Å². The molecule has 0 amide bonds. The third-order valence-corrected chi connectivity index (χ3v) is 2.93. The van der Waals surface area contributed by atoms with Crippen LogP contribution in [0.5, 0.6) is 5.75 Å². The molecule has 1 aromatic heterocycles. The summed E-state index contributed by atoms with van der Waals surface area (Å²) in [7, 11) is 0. The van der Waals surface area contributed by atoms with E-state index in [9.17, 15) is 5.11 Å². The first-order valence-electron chi connectivity index (χ1n) is 6.96. The van der Waals surface area contributed by atoms with Crippen molar-refractivity contribution in [1.29, 1.82) is 0 Å². The lowest BCUT2D eigenvalue weighted by atomic mass is 10.1. The van der Waals surface area contributed by atoms with E-state index in [1.807, 2.05) is 12.1 Å². The Morgan fingerprint density at radius 1 is 1.25 bits per heavy atom. The Morgan fingerprint density at radius 2 is 2.00 bits per heavy atom. The Hall–Kier alpha value is -1.88. The van der Waals surface area contributed by atoms with Gasteiger partial charge in [-0.1, -0.05) is 31.1 Å². The fraction of sp³-hybridized carbons (Fsp3) is 0.467. The molecule has 2 rings (SSSR count). The normalized spacial score (nSPS) is 11.2. The highest BCUT2D eigenvalue weighted by atomic mass is 16.5. The SMILES string of the molecule is CC(C)NCCCc1nc(Cc2ccc(O)cc2)no1. The second kappa shape index (κ2) is 7.05. The summed E-state index contributed by atoms with van der Waals surface area (Å²) < 4.78 is 5.23. The van der Waals surface area contributed by atoms with E-state index in [2.05, 4.69) is 29.3 Å². The van der Waals surface area contributed by atoms with Gasteiger partial charge in [0.1, 0.15) is 5.75 Å².